The topological polar surface area (TPSA) is 49.6 Å². The first-order chi connectivity index (χ1) is 15.1. The van der Waals surface area contributed by atoms with Crippen molar-refractivity contribution in [2.24, 2.45) is 0 Å². The molecule has 166 valence electrons. The average molecular weight is 482 g/mol. The Morgan fingerprint density at radius 3 is 2.42 bits per heavy atom. The predicted octanol–water partition coefficient (Wildman–Crippen LogP) is 3.18. The SMILES string of the molecule is COCCN(CCOC)c1cc(Cl)c2nc3c(Cl)cc(=[N+]4CCNCC4)cc-3sc2c1. The van der Waals surface area contributed by atoms with Gasteiger partial charge >= 0.3 is 0 Å². The van der Waals surface area contributed by atoms with Crippen LogP contribution in [0, 0.1) is 0 Å². The van der Waals surface area contributed by atoms with Gasteiger partial charge in [0, 0.05) is 45.1 Å². The van der Waals surface area contributed by atoms with Crippen LogP contribution in [0.1, 0.15) is 0 Å². The minimum atomic E-state index is 0.618. The van der Waals surface area contributed by atoms with Crippen molar-refractivity contribution in [3.8, 4) is 10.6 Å². The van der Waals surface area contributed by atoms with Crippen molar-refractivity contribution in [2.75, 3.05) is 71.6 Å². The summed E-state index contributed by atoms with van der Waals surface area (Å²) >= 11 is 15.0. The molecule has 1 aromatic carbocycles. The number of benzene rings is 2. The minimum absolute atomic E-state index is 0.618. The van der Waals surface area contributed by atoms with Crippen molar-refractivity contribution >= 4 is 50.4 Å². The smallest absolute Gasteiger partial charge is 0.203 e. The van der Waals surface area contributed by atoms with Crippen LogP contribution in [-0.2, 0) is 9.47 Å². The maximum Gasteiger partial charge on any atom is 0.203 e. The van der Waals surface area contributed by atoms with E-state index in [1.807, 2.05) is 12.1 Å². The van der Waals surface area contributed by atoms with E-state index >= 15 is 0 Å². The monoisotopic (exact) mass is 481 g/mol. The van der Waals surface area contributed by atoms with Gasteiger partial charge in [-0.2, -0.15) is 0 Å². The molecule has 0 radical (unpaired) electrons. The first-order valence-corrected chi connectivity index (χ1v) is 11.9. The fourth-order valence-electron chi connectivity index (χ4n) is 3.78. The number of anilines is 1. The maximum absolute atomic E-state index is 6.68. The summed E-state index contributed by atoms with van der Waals surface area (Å²) in [5, 5.41) is 5.81. The normalized spacial score (nSPS) is 14.5. The van der Waals surface area contributed by atoms with Crippen molar-refractivity contribution < 1.29 is 9.47 Å². The zero-order chi connectivity index (χ0) is 21.8. The minimum Gasteiger partial charge on any atom is -0.383 e. The number of rotatable bonds is 7. The lowest BCUT2D eigenvalue weighted by Gasteiger charge is -2.25. The number of piperazine rings is 1. The molecule has 0 amide bonds. The summed E-state index contributed by atoms with van der Waals surface area (Å²) in [6, 6.07) is 8.32. The molecular weight excluding hydrogens is 455 g/mol. The molecule has 2 heterocycles. The van der Waals surface area contributed by atoms with Gasteiger partial charge < -0.3 is 19.7 Å². The predicted molar refractivity (Wildman–Crippen MR) is 130 cm³/mol. The molecule has 9 heteroatoms. The molecule has 0 unspecified atom stereocenters. The van der Waals surface area contributed by atoms with Gasteiger partial charge in [0.25, 0.3) is 0 Å². The molecule has 0 saturated carbocycles. The summed E-state index contributed by atoms with van der Waals surface area (Å²) in [6.07, 6.45) is 0. The molecule has 0 aromatic heterocycles. The summed E-state index contributed by atoms with van der Waals surface area (Å²) in [7, 11) is 3.42. The summed E-state index contributed by atoms with van der Waals surface area (Å²) in [5.41, 5.74) is 2.61. The fourth-order valence-corrected chi connectivity index (χ4v) is 5.51. The quantitative estimate of drug-likeness (QED) is 0.414. The number of hydrogen-bond donors (Lipinski definition) is 1. The van der Waals surface area contributed by atoms with Crippen LogP contribution < -0.4 is 20.1 Å². The molecule has 0 spiro atoms. The highest BCUT2D eigenvalue weighted by Crippen LogP contribution is 2.38. The van der Waals surface area contributed by atoms with Crippen molar-refractivity contribution in [3.05, 3.63) is 39.7 Å². The Bertz CT molecular complexity index is 1090. The highest BCUT2D eigenvalue weighted by molar-refractivity contribution is 7.21. The highest BCUT2D eigenvalue weighted by Gasteiger charge is 2.19. The van der Waals surface area contributed by atoms with Gasteiger partial charge in [-0.3, -0.25) is 0 Å². The van der Waals surface area contributed by atoms with E-state index in [0.717, 1.165) is 71.1 Å². The largest absolute Gasteiger partial charge is 0.383 e. The molecule has 4 rings (SSSR count). The molecule has 2 aliphatic heterocycles. The summed E-state index contributed by atoms with van der Waals surface area (Å²) in [6.45, 7) is 6.66. The Morgan fingerprint density at radius 1 is 1.03 bits per heavy atom. The lowest BCUT2D eigenvalue weighted by Crippen LogP contribution is -2.45. The van der Waals surface area contributed by atoms with E-state index < -0.39 is 0 Å². The highest BCUT2D eigenvalue weighted by atomic mass is 35.5. The molecule has 3 aliphatic rings. The number of fused-ring (bicyclic) bond motifs is 2. The molecule has 1 aliphatic carbocycles. The lowest BCUT2D eigenvalue weighted by molar-refractivity contribution is 0.190. The van der Waals surface area contributed by atoms with E-state index in [9.17, 15) is 0 Å². The molecule has 1 N–H and O–H groups in total. The zero-order valence-corrected chi connectivity index (χ0v) is 20.1. The standard InChI is InChI=1S/C22H27Cl2N4O2S/c1-29-9-7-28(8-10-30-2)16-12-18(24)22-20(14-16)31-19-13-15(11-17(23)21(19)26-22)27-5-3-25-4-6-27/h11-14,25H,3-10H2,1-2H3/q+1. The Balaban J connectivity index is 1.82. The second-order valence-electron chi connectivity index (χ2n) is 7.47. The molecule has 1 aromatic rings. The van der Waals surface area contributed by atoms with Gasteiger partial charge in [-0.25, -0.2) is 9.56 Å². The van der Waals surface area contributed by atoms with Gasteiger partial charge in [-0.15, -0.1) is 11.3 Å². The van der Waals surface area contributed by atoms with E-state index in [2.05, 4.69) is 26.9 Å². The van der Waals surface area contributed by atoms with Gasteiger partial charge in [0.15, 0.2) is 13.1 Å². The van der Waals surface area contributed by atoms with Gasteiger partial charge in [0.2, 0.25) is 5.36 Å². The van der Waals surface area contributed by atoms with E-state index in [-0.39, 0.29) is 0 Å². The third-order valence-electron chi connectivity index (χ3n) is 5.45. The molecule has 1 saturated heterocycles. The van der Waals surface area contributed by atoms with Crippen molar-refractivity contribution in [1.29, 1.82) is 0 Å². The molecule has 1 fully saturated rings. The zero-order valence-electron chi connectivity index (χ0n) is 17.8. The number of methoxy groups -OCH3 is 2. The van der Waals surface area contributed by atoms with E-state index in [0.29, 0.717) is 23.3 Å². The van der Waals surface area contributed by atoms with Crippen LogP contribution in [0.4, 0.5) is 5.69 Å². The van der Waals surface area contributed by atoms with Crippen molar-refractivity contribution in [1.82, 2.24) is 14.9 Å². The van der Waals surface area contributed by atoms with Gasteiger partial charge in [0.05, 0.1) is 51.4 Å². The van der Waals surface area contributed by atoms with Crippen molar-refractivity contribution in [2.45, 2.75) is 0 Å². The van der Waals surface area contributed by atoms with Crippen LogP contribution in [0.5, 0.6) is 0 Å². The number of nitrogens with zero attached hydrogens (tertiary/aromatic N) is 3. The van der Waals surface area contributed by atoms with Crippen molar-refractivity contribution in [3.63, 3.8) is 0 Å². The number of hydrogen-bond acceptors (Lipinski definition) is 6. The number of ether oxygens (including phenoxy) is 2. The van der Waals surface area contributed by atoms with Crippen LogP contribution >= 0.6 is 34.5 Å². The third kappa shape index (κ3) is 5.13. The molecular formula is C22H27Cl2N4O2S+. The molecule has 31 heavy (non-hydrogen) atoms. The van der Waals surface area contributed by atoms with E-state index in [1.54, 1.807) is 25.6 Å². The second-order valence-corrected chi connectivity index (χ2v) is 9.37. The Morgan fingerprint density at radius 2 is 1.74 bits per heavy atom. The maximum atomic E-state index is 6.68. The van der Waals surface area contributed by atoms with Gasteiger partial charge in [-0.1, -0.05) is 23.2 Å². The molecule has 0 atom stereocenters. The summed E-state index contributed by atoms with van der Waals surface area (Å²) in [4.78, 5) is 8.11. The first kappa shape index (κ1) is 22.7. The Labute approximate surface area is 196 Å². The van der Waals surface area contributed by atoms with Crippen LogP contribution in [0.25, 0.3) is 20.8 Å². The fraction of sp³-hybridized carbons (Fsp3) is 0.455. The molecule has 6 nitrogen and oxygen atoms in total. The third-order valence-corrected chi connectivity index (χ3v) is 7.09. The number of nitrogens with one attached hydrogen (secondary N) is 1. The van der Waals surface area contributed by atoms with E-state index in [4.69, 9.17) is 37.7 Å². The first-order valence-electron chi connectivity index (χ1n) is 10.4. The summed E-state index contributed by atoms with van der Waals surface area (Å²) < 4.78 is 14.0. The van der Waals surface area contributed by atoms with Crippen LogP contribution in [0.2, 0.25) is 10.0 Å². The Kier molecular flexibility index (Phi) is 7.63. The lowest BCUT2D eigenvalue weighted by atomic mass is 10.2. The average Bonchev–Trinajstić information content (AvgIpc) is 2.78. The molecule has 0 bridgehead atoms. The van der Waals surface area contributed by atoms with Gasteiger partial charge in [0.1, 0.15) is 5.69 Å². The second kappa shape index (κ2) is 10.4. The number of halogens is 2. The number of aromatic nitrogens is 1. The van der Waals surface area contributed by atoms with E-state index in [1.165, 1.54) is 0 Å². The van der Waals surface area contributed by atoms with Crippen LogP contribution in [-0.4, -0.2) is 71.7 Å². The van der Waals surface area contributed by atoms with Crippen LogP contribution in [0.15, 0.2) is 24.3 Å². The summed E-state index contributed by atoms with van der Waals surface area (Å²) in [5.74, 6) is 0. The Hall–Kier alpha value is -1.48. The van der Waals surface area contributed by atoms with Crippen LogP contribution in [0.3, 0.4) is 0 Å². The van der Waals surface area contributed by atoms with Gasteiger partial charge in [-0.05, 0) is 12.1 Å².